The Labute approximate surface area is 123 Å². The molecule has 0 fully saturated rings. The molecule has 0 atom stereocenters. The fourth-order valence-corrected chi connectivity index (χ4v) is 1.99. The summed E-state index contributed by atoms with van der Waals surface area (Å²) >= 11 is 0. The minimum absolute atomic E-state index is 0.0394. The van der Waals surface area contributed by atoms with Crippen molar-refractivity contribution < 1.29 is 4.92 Å². The van der Waals surface area contributed by atoms with Gasteiger partial charge in [-0.2, -0.15) is 5.10 Å². The van der Waals surface area contributed by atoms with Gasteiger partial charge in [-0.05, 0) is 55.2 Å². The summed E-state index contributed by atoms with van der Waals surface area (Å²) in [4.78, 5) is 10.3. The number of aryl methyl sites for hydroxylation is 3. The standard InChI is InChI=1S/C16H17N3O2/c1-11-7-13(3)14(8-12(11)2)10-17-18-15-5-4-6-16(9-15)19(20)21/h4-10,18H,1-3H3/b17-10-. The van der Waals surface area contributed by atoms with Gasteiger partial charge in [-0.25, -0.2) is 0 Å². The average molecular weight is 283 g/mol. The fraction of sp³-hybridized carbons (Fsp3) is 0.188. The lowest BCUT2D eigenvalue weighted by Crippen LogP contribution is -1.95. The van der Waals surface area contributed by atoms with Crippen LogP contribution in [0, 0.1) is 30.9 Å². The Balaban J connectivity index is 2.14. The highest BCUT2D eigenvalue weighted by atomic mass is 16.6. The van der Waals surface area contributed by atoms with Crippen LogP contribution in [-0.4, -0.2) is 11.1 Å². The van der Waals surface area contributed by atoms with Crippen LogP contribution in [0.5, 0.6) is 0 Å². The molecular formula is C16H17N3O2. The molecule has 5 heteroatoms. The van der Waals surface area contributed by atoms with Crippen molar-refractivity contribution in [2.24, 2.45) is 5.10 Å². The zero-order valence-corrected chi connectivity index (χ0v) is 12.3. The molecule has 108 valence electrons. The number of benzene rings is 2. The molecule has 0 bridgehead atoms. The predicted octanol–water partition coefficient (Wildman–Crippen LogP) is 3.97. The number of rotatable bonds is 4. The summed E-state index contributed by atoms with van der Waals surface area (Å²) in [5.74, 6) is 0. The highest BCUT2D eigenvalue weighted by Crippen LogP contribution is 2.17. The van der Waals surface area contributed by atoms with E-state index in [4.69, 9.17) is 0 Å². The van der Waals surface area contributed by atoms with E-state index in [2.05, 4.69) is 36.5 Å². The number of nitrogens with zero attached hydrogens (tertiary/aromatic N) is 2. The fourth-order valence-electron chi connectivity index (χ4n) is 1.99. The first-order valence-corrected chi connectivity index (χ1v) is 6.59. The lowest BCUT2D eigenvalue weighted by Gasteiger charge is -2.06. The third kappa shape index (κ3) is 3.66. The summed E-state index contributed by atoms with van der Waals surface area (Å²) < 4.78 is 0. The van der Waals surface area contributed by atoms with Gasteiger partial charge in [0.25, 0.3) is 5.69 Å². The van der Waals surface area contributed by atoms with Crippen LogP contribution in [-0.2, 0) is 0 Å². The molecular weight excluding hydrogens is 266 g/mol. The molecule has 2 rings (SSSR count). The molecule has 0 unspecified atom stereocenters. The van der Waals surface area contributed by atoms with Crippen LogP contribution in [0.25, 0.3) is 0 Å². The van der Waals surface area contributed by atoms with Gasteiger partial charge in [0.1, 0.15) is 0 Å². The molecule has 2 aromatic rings. The van der Waals surface area contributed by atoms with Gasteiger partial charge in [-0.1, -0.05) is 12.1 Å². The molecule has 0 aliphatic rings. The first-order valence-electron chi connectivity index (χ1n) is 6.59. The number of hydrazone groups is 1. The number of nitro benzene ring substituents is 1. The Morgan fingerprint density at radius 3 is 2.52 bits per heavy atom. The molecule has 1 N–H and O–H groups in total. The second-order valence-electron chi connectivity index (χ2n) is 4.97. The number of nitrogens with one attached hydrogen (secondary N) is 1. The Morgan fingerprint density at radius 2 is 1.81 bits per heavy atom. The molecule has 0 aliphatic heterocycles. The van der Waals surface area contributed by atoms with Crippen LogP contribution in [0.15, 0.2) is 41.5 Å². The highest BCUT2D eigenvalue weighted by molar-refractivity contribution is 5.82. The summed E-state index contributed by atoms with van der Waals surface area (Å²) in [5.41, 5.74) is 8.06. The normalized spacial score (nSPS) is 10.8. The van der Waals surface area contributed by atoms with Crippen LogP contribution in [0.4, 0.5) is 11.4 Å². The Hall–Kier alpha value is -2.69. The van der Waals surface area contributed by atoms with Crippen molar-refractivity contribution in [3.05, 3.63) is 68.8 Å². The minimum atomic E-state index is -0.428. The van der Waals surface area contributed by atoms with E-state index in [-0.39, 0.29) is 5.69 Å². The topological polar surface area (TPSA) is 67.5 Å². The van der Waals surface area contributed by atoms with Gasteiger partial charge in [0.15, 0.2) is 0 Å². The van der Waals surface area contributed by atoms with E-state index in [0.29, 0.717) is 5.69 Å². The van der Waals surface area contributed by atoms with Crippen molar-refractivity contribution in [1.82, 2.24) is 0 Å². The Kier molecular flexibility index (Phi) is 4.33. The van der Waals surface area contributed by atoms with Crippen LogP contribution in [0.3, 0.4) is 0 Å². The number of hydrogen-bond donors (Lipinski definition) is 1. The van der Waals surface area contributed by atoms with Crippen LogP contribution < -0.4 is 5.43 Å². The first-order chi connectivity index (χ1) is 9.97. The van der Waals surface area contributed by atoms with E-state index in [9.17, 15) is 10.1 Å². The monoisotopic (exact) mass is 283 g/mol. The summed E-state index contributed by atoms with van der Waals surface area (Å²) in [7, 11) is 0. The van der Waals surface area contributed by atoms with Gasteiger partial charge in [0.2, 0.25) is 0 Å². The van der Waals surface area contributed by atoms with E-state index >= 15 is 0 Å². The van der Waals surface area contributed by atoms with E-state index in [1.165, 1.54) is 23.3 Å². The van der Waals surface area contributed by atoms with Gasteiger partial charge in [0, 0.05) is 12.1 Å². The van der Waals surface area contributed by atoms with Crippen molar-refractivity contribution in [2.75, 3.05) is 5.43 Å². The van der Waals surface area contributed by atoms with E-state index in [1.807, 2.05) is 6.92 Å². The third-order valence-corrected chi connectivity index (χ3v) is 3.34. The van der Waals surface area contributed by atoms with Gasteiger partial charge in [-0.15, -0.1) is 0 Å². The van der Waals surface area contributed by atoms with Gasteiger partial charge in [-0.3, -0.25) is 15.5 Å². The van der Waals surface area contributed by atoms with Crippen LogP contribution in [0.2, 0.25) is 0 Å². The number of nitro groups is 1. The molecule has 21 heavy (non-hydrogen) atoms. The molecule has 2 aromatic carbocycles. The molecule has 5 nitrogen and oxygen atoms in total. The van der Waals surface area contributed by atoms with E-state index < -0.39 is 4.92 Å². The first kappa shape index (κ1) is 14.7. The van der Waals surface area contributed by atoms with Crippen molar-refractivity contribution in [3.63, 3.8) is 0 Å². The third-order valence-electron chi connectivity index (χ3n) is 3.34. The number of hydrogen-bond acceptors (Lipinski definition) is 4. The molecule has 0 amide bonds. The smallest absolute Gasteiger partial charge is 0.271 e. The summed E-state index contributed by atoms with van der Waals surface area (Å²) in [6.45, 7) is 6.16. The minimum Gasteiger partial charge on any atom is -0.278 e. The average Bonchev–Trinajstić information content (AvgIpc) is 2.44. The SMILES string of the molecule is Cc1cc(C)c(/C=N\Nc2cccc([N+](=O)[O-])c2)cc1C. The number of non-ortho nitro benzene ring substituents is 1. The molecule has 0 heterocycles. The lowest BCUT2D eigenvalue weighted by molar-refractivity contribution is -0.384. The Bertz CT molecular complexity index is 709. The van der Waals surface area contributed by atoms with Crippen molar-refractivity contribution in [2.45, 2.75) is 20.8 Å². The second-order valence-corrected chi connectivity index (χ2v) is 4.97. The largest absolute Gasteiger partial charge is 0.278 e. The number of anilines is 1. The molecule has 0 saturated carbocycles. The predicted molar refractivity (Wildman–Crippen MR) is 85.0 cm³/mol. The van der Waals surface area contributed by atoms with Crippen molar-refractivity contribution in [3.8, 4) is 0 Å². The van der Waals surface area contributed by atoms with Crippen molar-refractivity contribution >= 4 is 17.6 Å². The van der Waals surface area contributed by atoms with E-state index in [1.54, 1.807) is 18.3 Å². The Morgan fingerprint density at radius 1 is 1.10 bits per heavy atom. The quantitative estimate of drug-likeness (QED) is 0.524. The van der Waals surface area contributed by atoms with Crippen LogP contribution in [0.1, 0.15) is 22.3 Å². The van der Waals surface area contributed by atoms with E-state index in [0.717, 1.165) is 11.1 Å². The summed E-state index contributed by atoms with van der Waals surface area (Å²) in [6, 6.07) is 10.4. The molecule has 0 radical (unpaired) electrons. The summed E-state index contributed by atoms with van der Waals surface area (Å²) in [6.07, 6.45) is 1.72. The molecule has 0 aromatic heterocycles. The zero-order chi connectivity index (χ0) is 15.4. The molecule has 0 saturated heterocycles. The maximum atomic E-state index is 10.7. The maximum Gasteiger partial charge on any atom is 0.271 e. The second kappa shape index (κ2) is 6.17. The van der Waals surface area contributed by atoms with Crippen molar-refractivity contribution in [1.29, 1.82) is 0 Å². The maximum absolute atomic E-state index is 10.7. The summed E-state index contributed by atoms with van der Waals surface area (Å²) in [5, 5.41) is 14.8. The highest BCUT2D eigenvalue weighted by Gasteiger charge is 2.04. The van der Waals surface area contributed by atoms with Crippen LogP contribution >= 0.6 is 0 Å². The molecule has 0 spiro atoms. The molecule has 0 aliphatic carbocycles. The zero-order valence-electron chi connectivity index (χ0n) is 12.3. The van der Waals surface area contributed by atoms with Gasteiger partial charge >= 0.3 is 0 Å². The van der Waals surface area contributed by atoms with Gasteiger partial charge in [0.05, 0.1) is 16.8 Å². The lowest BCUT2D eigenvalue weighted by atomic mass is 10.0. The van der Waals surface area contributed by atoms with Gasteiger partial charge < -0.3 is 0 Å².